The third-order valence-corrected chi connectivity index (χ3v) is 5.88. The highest BCUT2D eigenvalue weighted by molar-refractivity contribution is 5.91. The zero-order chi connectivity index (χ0) is 22.3. The molecule has 0 bridgehead atoms. The molecule has 0 aliphatic carbocycles. The lowest BCUT2D eigenvalue weighted by Gasteiger charge is -2.26. The van der Waals surface area contributed by atoms with E-state index in [1.807, 2.05) is 48.5 Å². The predicted octanol–water partition coefficient (Wildman–Crippen LogP) is 2.30. The number of piperidine rings is 1. The maximum Gasteiger partial charge on any atom is 0.243 e. The molecule has 1 aliphatic heterocycles. The van der Waals surface area contributed by atoms with Crippen LogP contribution in [0.3, 0.4) is 0 Å². The fourth-order valence-corrected chi connectivity index (χ4v) is 4.10. The monoisotopic (exact) mass is 431 g/mol. The fourth-order valence-electron chi connectivity index (χ4n) is 4.10. The van der Waals surface area contributed by atoms with Crippen LogP contribution in [0.4, 0.5) is 5.82 Å². The van der Waals surface area contributed by atoms with Gasteiger partial charge in [0.15, 0.2) is 0 Å². The van der Waals surface area contributed by atoms with Crippen molar-refractivity contribution in [3.63, 3.8) is 0 Å². The number of anilines is 1. The van der Waals surface area contributed by atoms with Gasteiger partial charge in [-0.3, -0.25) is 9.59 Å². The molecule has 1 aliphatic rings. The molecule has 166 valence electrons. The Morgan fingerprint density at radius 2 is 1.94 bits per heavy atom. The largest absolute Gasteiger partial charge is 0.384 e. The van der Waals surface area contributed by atoms with Crippen LogP contribution < -0.4 is 21.7 Å². The van der Waals surface area contributed by atoms with Crippen LogP contribution in [0, 0.1) is 0 Å². The number of rotatable bonds is 7. The van der Waals surface area contributed by atoms with Crippen molar-refractivity contribution in [1.82, 2.24) is 20.9 Å². The molecule has 2 atom stereocenters. The second-order valence-electron chi connectivity index (χ2n) is 8.22. The maximum absolute atomic E-state index is 13.2. The molecule has 2 aromatic carbocycles. The minimum absolute atomic E-state index is 0.126. The molecule has 2 heterocycles. The van der Waals surface area contributed by atoms with E-state index in [-0.39, 0.29) is 17.9 Å². The molecule has 7 heteroatoms. The minimum atomic E-state index is -0.682. The normalized spacial score (nSPS) is 16.9. The van der Waals surface area contributed by atoms with Crippen LogP contribution in [0.15, 0.2) is 60.8 Å². The van der Waals surface area contributed by atoms with Crippen molar-refractivity contribution in [2.24, 2.45) is 0 Å². The SMILES string of the molecule is Nc1ccc(CNC(=O)[C@H](Cc2cccc3ccccc23)NC(=O)[C@H]2CCCCN2)cn1. The molecule has 4 rings (SSSR count). The van der Waals surface area contributed by atoms with E-state index >= 15 is 0 Å². The summed E-state index contributed by atoms with van der Waals surface area (Å²) < 4.78 is 0. The number of carbonyl (C=O) groups is 2. The fraction of sp³-hybridized carbons (Fsp3) is 0.320. The van der Waals surface area contributed by atoms with Gasteiger partial charge in [0.25, 0.3) is 0 Å². The lowest BCUT2D eigenvalue weighted by Crippen LogP contribution is -2.54. The number of nitrogens with two attached hydrogens (primary N) is 1. The van der Waals surface area contributed by atoms with Crippen molar-refractivity contribution >= 4 is 28.4 Å². The number of aromatic nitrogens is 1. The Morgan fingerprint density at radius 3 is 2.72 bits per heavy atom. The maximum atomic E-state index is 13.2. The molecule has 5 N–H and O–H groups in total. The number of nitrogens with one attached hydrogen (secondary N) is 3. The van der Waals surface area contributed by atoms with Crippen LogP contribution in [-0.2, 0) is 22.6 Å². The van der Waals surface area contributed by atoms with Crippen LogP contribution in [0.5, 0.6) is 0 Å². The summed E-state index contributed by atoms with van der Waals surface area (Å²) in [5.41, 5.74) is 7.50. The topological polar surface area (TPSA) is 109 Å². The molecular formula is C25H29N5O2. The molecule has 1 aromatic heterocycles. The highest BCUT2D eigenvalue weighted by atomic mass is 16.2. The van der Waals surface area contributed by atoms with Crippen molar-refractivity contribution < 1.29 is 9.59 Å². The Bertz CT molecular complexity index is 1070. The Hall–Kier alpha value is -3.45. The summed E-state index contributed by atoms with van der Waals surface area (Å²) in [4.78, 5) is 30.1. The van der Waals surface area contributed by atoms with Crippen LogP contribution in [0.25, 0.3) is 10.8 Å². The summed E-state index contributed by atoms with van der Waals surface area (Å²) in [6.45, 7) is 1.14. The summed E-state index contributed by atoms with van der Waals surface area (Å²) in [6.07, 6.45) is 4.91. The molecule has 1 fully saturated rings. The first-order valence-electron chi connectivity index (χ1n) is 11.1. The van der Waals surface area contributed by atoms with Crippen molar-refractivity contribution in [1.29, 1.82) is 0 Å². The van der Waals surface area contributed by atoms with E-state index in [0.717, 1.165) is 47.7 Å². The average Bonchev–Trinajstić information content (AvgIpc) is 2.83. The van der Waals surface area contributed by atoms with Gasteiger partial charge in [-0.1, -0.05) is 55.0 Å². The third-order valence-electron chi connectivity index (χ3n) is 5.88. The highest BCUT2D eigenvalue weighted by Crippen LogP contribution is 2.20. The van der Waals surface area contributed by atoms with E-state index in [2.05, 4.69) is 20.9 Å². The number of carbonyl (C=O) groups excluding carboxylic acids is 2. The van der Waals surface area contributed by atoms with E-state index in [9.17, 15) is 9.59 Å². The average molecular weight is 432 g/mol. The predicted molar refractivity (Wildman–Crippen MR) is 126 cm³/mol. The summed E-state index contributed by atoms with van der Waals surface area (Å²) in [5, 5.41) is 11.4. The number of pyridine rings is 1. The second kappa shape index (κ2) is 10.2. The van der Waals surface area contributed by atoms with Crippen LogP contribution >= 0.6 is 0 Å². The highest BCUT2D eigenvalue weighted by Gasteiger charge is 2.27. The summed E-state index contributed by atoms with van der Waals surface area (Å²) in [6, 6.07) is 16.7. The lowest BCUT2D eigenvalue weighted by atomic mass is 9.97. The Kier molecular flexibility index (Phi) is 6.97. The van der Waals surface area contributed by atoms with E-state index in [1.54, 1.807) is 12.3 Å². The Morgan fingerprint density at radius 1 is 1.09 bits per heavy atom. The smallest absolute Gasteiger partial charge is 0.243 e. The summed E-state index contributed by atoms with van der Waals surface area (Å²) in [7, 11) is 0. The summed E-state index contributed by atoms with van der Waals surface area (Å²) in [5.74, 6) is 0.0827. The standard InChI is InChI=1S/C25H29N5O2/c26-23-12-11-17(15-28-23)16-29-24(31)22(30-25(32)21-10-3-4-13-27-21)14-19-8-5-7-18-6-1-2-9-20(18)19/h1-2,5-9,11-12,15,21-22,27H,3-4,10,13-14,16H2,(H2,26,28)(H,29,31)(H,30,32)/t21-,22+/m1/s1. The second-order valence-corrected chi connectivity index (χ2v) is 8.22. The first kappa shape index (κ1) is 21.8. The molecule has 1 saturated heterocycles. The number of fused-ring (bicyclic) bond motifs is 1. The van der Waals surface area contributed by atoms with Crippen molar-refractivity contribution in [3.8, 4) is 0 Å². The van der Waals surface area contributed by atoms with Crippen LogP contribution in [0.2, 0.25) is 0 Å². The number of nitrogen functional groups attached to an aromatic ring is 1. The van der Waals surface area contributed by atoms with Gasteiger partial charge in [-0.05, 0) is 47.4 Å². The van der Waals surface area contributed by atoms with Crippen molar-refractivity contribution in [2.75, 3.05) is 12.3 Å². The van der Waals surface area contributed by atoms with Gasteiger partial charge in [0, 0.05) is 19.2 Å². The van der Waals surface area contributed by atoms with E-state index < -0.39 is 6.04 Å². The molecule has 0 saturated carbocycles. The number of hydrogen-bond acceptors (Lipinski definition) is 5. The zero-order valence-corrected chi connectivity index (χ0v) is 18.0. The molecule has 32 heavy (non-hydrogen) atoms. The van der Waals surface area contributed by atoms with E-state index in [0.29, 0.717) is 18.8 Å². The molecule has 2 amide bonds. The molecule has 0 spiro atoms. The van der Waals surface area contributed by atoms with E-state index in [4.69, 9.17) is 5.73 Å². The van der Waals surface area contributed by atoms with Gasteiger partial charge in [0.1, 0.15) is 11.9 Å². The van der Waals surface area contributed by atoms with Crippen LogP contribution in [0.1, 0.15) is 30.4 Å². The lowest BCUT2D eigenvalue weighted by molar-refractivity contribution is -0.130. The molecular weight excluding hydrogens is 402 g/mol. The number of hydrogen-bond donors (Lipinski definition) is 4. The van der Waals surface area contributed by atoms with Crippen LogP contribution in [-0.4, -0.2) is 35.4 Å². The van der Waals surface area contributed by atoms with Gasteiger partial charge in [-0.25, -0.2) is 4.98 Å². The van der Waals surface area contributed by atoms with E-state index in [1.165, 1.54) is 0 Å². The molecule has 3 aromatic rings. The molecule has 0 radical (unpaired) electrons. The van der Waals surface area contributed by atoms with Crippen molar-refractivity contribution in [3.05, 3.63) is 71.9 Å². The number of benzene rings is 2. The van der Waals surface area contributed by atoms with Gasteiger partial charge in [0.05, 0.1) is 6.04 Å². The summed E-state index contributed by atoms with van der Waals surface area (Å²) >= 11 is 0. The Labute approximate surface area is 187 Å². The van der Waals surface area contributed by atoms with Gasteiger partial charge in [-0.15, -0.1) is 0 Å². The third kappa shape index (κ3) is 5.42. The van der Waals surface area contributed by atoms with Gasteiger partial charge in [0.2, 0.25) is 11.8 Å². The van der Waals surface area contributed by atoms with Gasteiger partial charge >= 0.3 is 0 Å². The van der Waals surface area contributed by atoms with Gasteiger partial charge in [-0.2, -0.15) is 0 Å². The zero-order valence-electron chi connectivity index (χ0n) is 18.0. The minimum Gasteiger partial charge on any atom is -0.384 e. The van der Waals surface area contributed by atoms with Crippen molar-refractivity contribution in [2.45, 2.75) is 44.3 Å². The molecule has 7 nitrogen and oxygen atoms in total. The first-order chi connectivity index (χ1) is 15.6. The quantitative estimate of drug-likeness (QED) is 0.459. The number of nitrogens with zero attached hydrogens (tertiary/aromatic N) is 1. The molecule has 0 unspecified atom stereocenters. The Balaban J connectivity index is 1.51. The van der Waals surface area contributed by atoms with Gasteiger partial charge < -0.3 is 21.7 Å². The number of amides is 2. The first-order valence-corrected chi connectivity index (χ1v) is 11.1.